The van der Waals surface area contributed by atoms with Crippen LogP contribution in [0, 0.1) is 3.57 Å². The third-order valence-corrected chi connectivity index (χ3v) is 7.13. The second kappa shape index (κ2) is 7.22. The van der Waals surface area contributed by atoms with E-state index in [1.807, 2.05) is 12.1 Å². The standard InChI is InChI=1S/C30H18INO/c31-20-14-16-24-23-15-13-19(17-27(23)32(28(24)18-20)21-7-2-1-3-8-21)22-10-6-11-26-25-9-4-5-12-29(25)33-30(22)26/h1-18H. The number of furan rings is 1. The first-order valence-electron chi connectivity index (χ1n) is 11.0. The fourth-order valence-corrected chi connectivity index (χ4v) is 5.46. The molecule has 3 heteroatoms. The third kappa shape index (κ3) is 2.85. The van der Waals surface area contributed by atoms with Gasteiger partial charge in [-0.05, 0) is 64.6 Å². The Bertz CT molecular complexity index is 1830. The maximum absolute atomic E-state index is 6.33. The molecule has 0 saturated heterocycles. The van der Waals surface area contributed by atoms with E-state index in [1.165, 1.54) is 31.1 Å². The van der Waals surface area contributed by atoms with Gasteiger partial charge in [-0.1, -0.05) is 72.8 Å². The van der Waals surface area contributed by atoms with E-state index < -0.39 is 0 Å². The van der Waals surface area contributed by atoms with Crippen LogP contribution in [0.1, 0.15) is 0 Å². The Hall–Kier alpha value is -3.57. The van der Waals surface area contributed by atoms with Gasteiger partial charge in [-0.3, -0.25) is 0 Å². The van der Waals surface area contributed by atoms with Crippen molar-refractivity contribution in [1.29, 1.82) is 0 Å². The van der Waals surface area contributed by atoms with Crippen LogP contribution in [-0.2, 0) is 0 Å². The highest BCUT2D eigenvalue weighted by Crippen LogP contribution is 2.39. The van der Waals surface area contributed by atoms with Crippen molar-refractivity contribution in [2.45, 2.75) is 0 Å². The number of benzene rings is 5. The first-order valence-corrected chi connectivity index (χ1v) is 12.1. The van der Waals surface area contributed by atoms with Gasteiger partial charge >= 0.3 is 0 Å². The molecule has 0 unspecified atom stereocenters. The molecular formula is C30H18INO. The highest BCUT2D eigenvalue weighted by Gasteiger charge is 2.16. The van der Waals surface area contributed by atoms with E-state index in [1.54, 1.807) is 0 Å². The molecule has 0 radical (unpaired) electrons. The Morgan fingerprint density at radius 2 is 1.30 bits per heavy atom. The maximum Gasteiger partial charge on any atom is 0.143 e. The molecule has 0 aliphatic carbocycles. The van der Waals surface area contributed by atoms with Crippen molar-refractivity contribution in [2.75, 3.05) is 0 Å². The van der Waals surface area contributed by atoms with Crippen LogP contribution in [0.25, 0.3) is 60.6 Å². The number of halogens is 1. The number of para-hydroxylation sites is 3. The number of nitrogens with zero attached hydrogens (tertiary/aromatic N) is 1. The molecule has 0 atom stereocenters. The van der Waals surface area contributed by atoms with Crippen LogP contribution in [-0.4, -0.2) is 4.57 Å². The van der Waals surface area contributed by atoms with Gasteiger partial charge in [-0.15, -0.1) is 0 Å². The van der Waals surface area contributed by atoms with Gasteiger partial charge in [-0.25, -0.2) is 0 Å². The van der Waals surface area contributed by atoms with Gasteiger partial charge in [0.05, 0.1) is 11.0 Å². The summed E-state index contributed by atoms with van der Waals surface area (Å²) in [6, 6.07) is 38.7. The molecule has 0 bridgehead atoms. The molecular weight excluding hydrogens is 517 g/mol. The summed E-state index contributed by atoms with van der Waals surface area (Å²) in [7, 11) is 0. The van der Waals surface area contributed by atoms with Crippen molar-refractivity contribution in [2.24, 2.45) is 0 Å². The lowest BCUT2D eigenvalue weighted by Crippen LogP contribution is -1.93. The van der Waals surface area contributed by atoms with Crippen LogP contribution in [0.15, 0.2) is 114 Å². The Kier molecular flexibility index (Phi) is 4.15. The molecule has 2 aromatic heterocycles. The Balaban J connectivity index is 1.57. The molecule has 0 N–H and O–H groups in total. The molecule has 0 aliphatic heterocycles. The molecule has 2 heterocycles. The van der Waals surface area contributed by atoms with Crippen LogP contribution in [0.2, 0.25) is 0 Å². The Morgan fingerprint density at radius 1 is 0.576 bits per heavy atom. The van der Waals surface area contributed by atoms with E-state index >= 15 is 0 Å². The molecule has 156 valence electrons. The molecule has 7 aromatic rings. The van der Waals surface area contributed by atoms with Crippen LogP contribution in [0.5, 0.6) is 0 Å². The van der Waals surface area contributed by atoms with Crippen LogP contribution >= 0.6 is 22.6 Å². The lowest BCUT2D eigenvalue weighted by Gasteiger charge is -2.09. The van der Waals surface area contributed by atoms with Crippen molar-refractivity contribution < 1.29 is 4.42 Å². The summed E-state index contributed by atoms with van der Waals surface area (Å²) < 4.78 is 9.93. The molecule has 0 fully saturated rings. The van der Waals surface area contributed by atoms with Gasteiger partial charge in [0.1, 0.15) is 11.2 Å². The molecule has 0 amide bonds. The van der Waals surface area contributed by atoms with Gasteiger partial charge in [0, 0.05) is 36.4 Å². The molecule has 0 aliphatic rings. The summed E-state index contributed by atoms with van der Waals surface area (Å²) in [6.07, 6.45) is 0. The maximum atomic E-state index is 6.33. The zero-order chi connectivity index (χ0) is 21.9. The predicted octanol–water partition coefficient (Wildman–Crippen LogP) is 8.95. The summed E-state index contributed by atoms with van der Waals surface area (Å²) in [6.45, 7) is 0. The molecule has 7 rings (SSSR count). The number of aromatic nitrogens is 1. The molecule has 2 nitrogen and oxygen atoms in total. The summed E-state index contributed by atoms with van der Waals surface area (Å²) >= 11 is 2.39. The quantitative estimate of drug-likeness (QED) is 0.202. The Labute approximate surface area is 204 Å². The number of rotatable bonds is 2. The van der Waals surface area contributed by atoms with E-state index in [9.17, 15) is 0 Å². The minimum atomic E-state index is 0.925. The van der Waals surface area contributed by atoms with E-state index in [0.29, 0.717) is 0 Å². The van der Waals surface area contributed by atoms with Crippen LogP contribution in [0.4, 0.5) is 0 Å². The van der Waals surface area contributed by atoms with Gasteiger partial charge < -0.3 is 8.98 Å². The van der Waals surface area contributed by atoms with Crippen LogP contribution < -0.4 is 0 Å². The summed E-state index contributed by atoms with van der Waals surface area (Å²) in [5.41, 5.74) is 7.72. The SMILES string of the molecule is Ic1ccc2c3ccc(-c4cccc5c4oc4ccccc45)cc3n(-c3ccccc3)c2c1. The average molecular weight is 535 g/mol. The van der Waals surface area contributed by atoms with E-state index in [2.05, 4.69) is 124 Å². The van der Waals surface area contributed by atoms with Gasteiger partial charge in [0.15, 0.2) is 0 Å². The summed E-state index contributed by atoms with van der Waals surface area (Å²) in [5, 5.41) is 4.83. The first-order chi connectivity index (χ1) is 16.3. The van der Waals surface area contributed by atoms with Gasteiger partial charge in [0.2, 0.25) is 0 Å². The minimum absolute atomic E-state index is 0.925. The molecule has 0 saturated carbocycles. The fourth-order valence-electron chi connectivity index (χ4n) is 4.99. The van der Waals surface area contributed by atoms with E-state index in [0.717, 1.165) is 33.1 Å². The van der Waals surface area contributed by atoms with Crippen molar-refractivity contribution in [3.63, 3.8) is 0 Å². The van der Waals surface area contributed by atoms with Crippen LogP contribution in [0.3, 0.4) is 0 Å². The highest BCUT2D eigenvalue weighted by atomic mass is 127. The number of hydrogen-bond donors (Lipinski definition) is 0. The first kappa shape index (κ1) is 18.9. The second-order valence-corrected chi connectivity index (χ2v) is 9.59. The molecule has 5 aromatic carbocycles. The van der Waals surface area contributed by atoms with Crippen molar-refractivity contribution in [1.82, 2.24) is 4.57 Å². The smallest absolute Gasteiger partial charge is 0.143 e. The van der Waals surface area contributed by atoms with Gasteiger partial charge in [-0.2, -0.15) is 0 Å². The molecule has 33 heavy (non-hydrogen) atoms. The molecule has 0 spiro atoms. The second-order valence-electron chi connectivity index (χ2n) is 8.34. The number of hydrogen-bond acceptors (Lipinski definition) is 1. The summed E-state index contributed by atoms with van der Waals surface area (Å²) in [4.78, 5) is 0. The predicted molar refractivity (Wildman–Crippen MR) is 146 cm³/mol. The van der Waals surface area contributed by atoms with Gasteiger partial charge in [0.25, 0.3) is 0 Å². The minimum Gasteiger partial charge on any atom is -0.455 e. The zero-order valence-electron chi connectivity index (χ0n) is 17.6. The zero-order valence-corrected chi connectivity index (χ0v) is 19.8. The number of fused-ring (bicyclic) bond motifs is 6. The topological polar surface area (TPSA) is 18.1 Å². The van der Waals surface area contributed by atoms with E-state index in [-0.39, 0.29) is 0 Å². The largest absolute Gasteiger partial charge is 0.455 e. The van der Waals surface area contributed by atoms with Crippen molar-refractivity contribution >= 4 is 66.3 Å². The summed E-state index contributed by atoms with van der Waals surface area (Å²) in [5.74, 6) is 0. The highest BCUT2D eigenvalue weighted by molar-refractivity contribution is 14.1. The van der Waals surface area contributed by atoms with Crippen molar-refractivity contribution in [3.8, 4) is 16.8 Å². The van der Waals surface area contributed by atoms with E-state index in [4.69, 9.17) is 4.42 Å². The third-order valence-electron chi connectivity index (χ3n) is 6.46. The fraction of sp³-hybridized carbons (Fsp3) is 0. The lowest BCUT2D eigenvalue weighted by atomic mass is 10.0. The monoisotopic (exact) mass is 535 g/mol. The normalized spacial score (nSPS) is 11.8. The Morgan fingerprint density at radius 3 is 2.18 bits per heavy atom. The lowest BCUT2D eigenvalue weighted by molar-refractivity contribution is 0.670. The van der Waals surface area contributed by atoms with Crippen molar-refractivity contribution in [3.05, 3.63) is 113 Å². The average Bonchev–Trinajstić information content (AvgIpc) is 3.39.